The first-order valence-electron chi connectivity index (χ1n) is 10.6. The largest absolute Gasteiger partial charge is 0.497 e. The van der Waals surface area contributed by atoms with Crippen molar-refractivity contribution in [3.63, 3.8) is 0 Å². The number of rotatable bonds is 8. The van der Waals surface area contributed by atoms with Crippen LogP contribution in [0, 0.1) is 12.7 Å². The van der Waals surface area contributed by atoms with Gasteiger partial charge in [-0.3, -0.25) is 14.5 Å². The number of hydrogen-bond donors (Lipinski definition) is 1. The molecule has 1 saturated heterocycles. The number of nitrogens with zero attached hydrogens (tertiary/aromatic N) is 3. The van der Waals surface area contributed by atoms with E-state index in [-0.39, 0.29) is 24.0 Å². The fourth-order valence-corrected chi connectivity index (χ4v) is 4.17. The molecule has 1 atom stereocenters. The van der Waals surface area contributed by atoms with Crippen molar-refractivity contribution in [2.75, 3.05) is 23.9 Å². The summed E-state index contributed by atoms with van der Waals surface area (Å²) in [6.07, 6.45) is 0.395. The quantitative estimate of drug-likeness (QED) is 0.490. The summed E-state index contributed by atoms with van der Waals surface area (Å²) < 4.78 is 23.4. The van der Waals surface area contributed by atoms with Crippen LogP contribution in [0.15, 0.2) is 59.1 Å². The van der Waals surface area contributed by atoms with E-state index < -0.39 is 11.9 Å². The highest BCUT2D eigenvalue weighted by Gasteiger charge is 2.44. The molecule has 1 aliphatic rings. The van der Waals surface area contributed by atoms with Gasteiger partial charge in [-0.25, -0.2) is 4.39 Å². The molecule has 2 aromatic carbocycles. The maximum Gasteiger partial charge on any atom is 0.256 e. The first-order valence-corrected chi connectivity index (χ1v) is 11.0. The van der Waals surface area contributed by atoms with Crippen molar-refractivity contribution < 1.29 is 23.2 Å². The number of ether oxygens (including phenoxy) is 1. The molecule has 4 rings (SSSR count). The highest BCUT2D eigenvalue weighted by molar-refractivity contribution is 7.80. The van der Waals surface area contributed by atoms with Crippen molar-refractivity contribution in [1.29, 1.82) is 0 Å². The molecule has 10 heteroatoms. The van der Waals surface area contributed by atoms with Gasteiger partial charge in [0, 0.05) is 12.6 Å². The summed E-state index contributed by atoms with van der Waals surface area (Å²) in [6, 6.07) is 13.9. The van der Waals surface area contributed by atoms with Gasteiger partial charge in [0.05, 0.1) is 19.2 Å². The van der Waals surface area contributed by atoms with Crippen LogP contribution in [0.3, 0.4) is 0 Å². The lowest BCUT2D eigenvalue weighted by atomic mass is 10.1. The van der Waals surface area contributed by atoms with Crippen LogP contribution >= 0.6 is 12.2 Å². The van der Waals surface area contributed by atoms with Crippen LogP contribution in [0.1, 0.15) is 17.7 Å². The number of halogens is 1. The molecule has 1 aromatic heterocycles. The molecule has 176 valence electrons. The summed E-state index contributed by atoms with van der Waals surface area (Å²) >= 11 is 5.66. The Morgan fingerprint density at radius 1 is 1.21 bits per heavy atom. The molecule has 1 aliphatic heterocycles. The Bertz CT molecular complexity index is 1200. The maximum absolute atomic E-state index is 13.4. The number of aryl methyl sites for hydroxylation is 1. The Hall–Kier alpha value is -3.79. The Morgan fingerprint density at radius 2 is 1.91 bits per heavy atom. The molecule has 2 amide bonds. The molecule has 0 unspecified atom stereocenters. The fraction of sp³-hybridized carbons (Fsp3) is 0.250. The highest BCUT2D eigenvalue weighted by atomic mass is 32.1. The van der Waals surface area contributed by atoms with Gasteiger partial charge in [-0.1, -0.05) is 17.3 Å². The number of benzene rings is 2. The van der Waals surface area contributed by atoms with Gasteiger partial charge in [0.2, 0.25) is 5.91 Å². The van der Waals surface area contributed by atoms with Crippen LogP contribution in [-0.2, 0) is 16.0 Å². The van der Waals surface area contributed by atoms with Gasteiger partial charge < -0.3 is 19.5 Å². The number of hydrogen-bond acceptors (Lipinski definition) is 6. The minimum absolute atomic E-state index is 0.124. The third-order valence-electron chi connectivity index (χ3n) is 5.48. The number of nitrogens with one attached hydrogen (secondary N) is 1. The van der Waals surface area contributed by atoms with E-state index in [2.05, 4.69) is 10.5 Å². The lowest BCUT2D eigenvalue weighted by Crippen LogP contribution is -2.39. The van der Waals surface area contributed by atoms with Crippen LogP contribution in [0.25, 0.3) is 0 Å². The maximum atomic E-state index is 13.4. The van der Waals surface area contributed by atoms with Gasteiger partial charge in [0.15, 0.2) is 10.9 Å². The van der Waals surface area contributed by atoms with Crippen molar-refractivity contribution in [3.05, 3.63) is 71.7 Å². The van der Waals surface area contributed by atoms with Crippen molar-refractivity contribution in [1.82, 2.24) is 10.1 Å². The molecular formula is C24H23FN4O4S. The second-order valence-corrected chi connectivity index (χ2v) is 8.18. The van der Waals surface area contributed by atoms with E-state index in [0.717, 1.165) is 5.56 Å². The van der Waals surface area contributed by atoms with Crippen LogP contribution in [0.2, 0.25) is 0 Å². The van der Waals surface area contributed by atoms with E-state index in [1.54, 1.807) is 61.4 Å². The number of carbonyl (C=O) groups is 2. The second kappa shape index (κ2) is 10.0. The molecule has 0 aliphatic carbocycles. The average Bonchev–Trinajstić information content (AvgIpc) is 3.33. The standard InChI is InChI=1S/C24H23FN4O4S/c1-15-13-21(27-33-15)26-22(30)14-20-23(31)29(18-7-9-19(32-2)10-8-18)24(34)28(20)12-11-16-3-5-17(25)6-4-16/h3-10,13,20H,11-12,14H2,1-2H3,(H,26,27,30)/t20-/m1/s1. The molecule has 0 bridgehead atoms. The number of amides is 2. The van der Waals surface area contributed by atoms with E-state index in [1.807, 2.05) is 0 Å². The molecule has 0 spiro atoms. The molecule has 1 N–H and O–H groups in total. The molecule has 1 fully saturated rings. The highest BCUT2D eigenvalue weighted by Crippen LogP contribution is 2.29. The second-order valence-electron chi connectivity index (χ2n) is 7.82. The topological polar surface area (TPSA) is 87.9 Å². The van der Waals surface area contributed by atoms with E-state index in [9.17, 15) is 14.0 Å². The molecule has 3 aromatic rings. The van der Waals surface area contributed by atoms with Gasteiger partial charge in [0.25, 0.3) is 5.91 Å². The van der Waals surface area contributed by atoms with Crippen LogP contribution in [0.5, 0.6) is 5.75 Å². The van der Waals surface area contributed by atoms with Gasteiger partial charge in [0.1, 0.15) is 23.4 Å². The monoisotopic (exact) mass is 482 g/mol. The fourth-order valence-electron chi connectivity index (χ4n) is 3.75. The minimum atomic E-state index is -0.803. The van der Waals surface area contributed by atoms with Crippen LogP contribution in [-0.4, -0.2) is 46.7 Å². The van der Waals surface area contributed by atoms with Crippen LogP contribution < -0.4 is 15.0 Å². The zero-order chi connectivity index (χ0) is 24.2. The zero-order valence-electron chi connectivity index (χ0n) is 18.7. The summed E-state index contributed by atoms with van der Waals surface area (Å²) in [6.45, 7) is 2.09. The van der Waals surface area contributed by atoms with E-state index in [0.29, 0.717) is 35.3 Å². The average molecular weight is 483 g/mol. The third kappa shape index (κ3) is 5.07. The Balaban J connectivity index is 1.55. The minimum Gasteiger partial charge on any atom is -0.497 e. The van der Waals surface area contributed by atoms with Gasteiger partial charge in [-0.05, 0) is 67.5 Å². The molecule has 0 radical (unpaired) electrons. The lowest BCUT2D eigenvalue weighted by molar-refractivity contribution is -0.124. The predicted molar refractivity (Wildman–Crippen MR) is 128 cm³/mol. The van der Waals surface area contributed by atoms with E-state index in [4.69, 9.17) is 21.5 Å². The van der Waals surface area contributed by atoms with Gasteiger partial charge >= 0.3 is 0 Å². The summed E-state index contributed by atoms with van der Waals surface area (Å²) in [7, 11) is 1.56. The first kappa shape index (κ1) is 23.4. The van der Waals surface area contributed by atoms with Gasteiger partial charge in [-0.2, -0.15) is 0 Å². The third-order valence-corrected chi connectivity index (χ3v) is 5.90. The number of aromatic nitrogens is 1. The molecule has 2 heterocycles. The lowest BCUT2D eigenvalue weighted by Gasteiger charge is -2.24. The summed E-state index contributed by atoms with van der Waals surface area (Å²) in [4.78, 5) is 29.3. The summed E-state index contributed by atoms with van der Waals surface area (Å²) in [5.41, 5.74) is 1.47. The smallest absolute Gasteiger partial charge is 0.256 e. The normalized spacial score (nSPS) is 15.7. The number of thiocarbonyl (C=S) groups is 1. The molecule has 34 heavy (non-hydrogen) atoms. The molecular weight excluding hydrogens is 459 g/mol. The van der Waals surface area contributed by atoms with Crippen LogP contribution in [0.4, 0.5) is 15.9 Å². The number of carbonyl (C=O) groups excluding carboxylic acids is 2. The van der Waals surface area contributed by atoms with E-state index >= 15 is 0 Å². The number of methoxy groups -OCH3 is 1. The zero-order valence-corrected chi connectivity index (χ0v) is 19.5. The first-order chi connectivity index (χ1) is 16.4. The van der Waals surface area contributed by atoms with E-state index in [1.165, 1.54) is 17.0 Å². The Kier molecular flexibility index (Phi) is 6.87. The Labute approximate surface area is 201 Å². The molecule has 0 saturated carbocycles. The summed E-state index contributed by atoms with van der Waals surface area (Å²) in [5.74, 6) is 0.464. The SMILES string of the molecule is COc1ccc(N2C(=O)[C@@H](CC(=O)Nc3cc(C)on3)N(CCc3ccc(F)cc3)C2=S)cc1. The van der Waals surface area contributed by atoms with Crippen molar-refractivity contribution in [2.24, 2.45) is 0 Å². The van der Waals surface area contributed by atoms with Gasteiger partial charge in [-0.15, -0.1) is 0 Å². The van der Waals surface area contributed by atoms with Crippen molar-refractivity contribution in [3.8, 4) is 5.75 Å². The Morgan fingerprint density at radius 3 is 2.53 bits per heavy atom. The predicted octanol–water partition coefficient (Wildman–Crippen LogP) is 3.70. The van der Waals surface area contributed by atoms with Crippen molar-refractivity contribution in [2.45, 2.75) is 25.8 Å². The number of anilines is 2. The molecule has 8 nitrogen and oxygen atoms in total. The summed E-state index contributed by atoms with van der Waals surface area (Å²) in [5, 5.41) is 6.71. The van der Waals surface area contributed by atoms with Crippen molar-refractivity contribution >= 4 is 40.6 Å².